The van der Waals surface area contributed by atoms with Crippen molar-refractivity contribution in [1.29, 1.82) is 0 Å². The van der Waals surface area contributed by atoms with Crippen LogP contribution in [0, 0.1) is 11.7 Å². The summed E-state index contributed by atoms with van der Waals surface area (Å²) in [5, 5.41) is 2.55. The fourth-order valence-corrected chi connectivity index (χ4v) is 3.24. The molecule has 3 rings (SSSR count). The Bertz CT molecular complexity index is 807. The molecule has 2 atom stereocenters. The largest absolute Gasteiger partial charge is 0.494 e. The van der Waals surface area contributed by atoms with Crippen LogP contribution in [0.5, 0.6) is 5.75 Å². The molecule has 1 aliphatic heterocycles. The van der Waals surface area contributed by atoms with Gasteiger partial charge in [0.2, 0.25) is 11.8 Å². The van der Waals surface area contributed by atoms with E-state index in [0.29, 0.717) is 13.2 Å². The Kier molecular flexibility index (Phi) is 5.21. The molecule has 6 heteroatoms. The number of carbonyl (C=O) groups is 2. The number of hydrogen-bond donors (Lipinski definition) is 1. The van der Waals surface area contributed by atoms with Gasteiger partial charge in [-0.25, -0.2) is 4.39 Å². The number of anilines is 1. The van der Waals surface area contributed by atoms with Gasteiger partial charge in [-0.2, -0.15) is 0 Å². The van der Waals surface area contributed by atoms with Crippen LogP contribution >= 0.6 is 0 Å². The smallest absolute Gasteiger partial charge is 0.237 e. The number of likely N-dealkylation sites (tertiary alicyclic amines) is 1. The first-order valence-corrected chi connectivity index (χ1v) is 8.54. The maximum absolute atomic E-state index is 13.8. The molecule has 1 N–H and O–H groups in total. The number of likely N-dealkylation sites (N-methyl/N-ethyl adjacent to an activating group) is 1. The lowest BCUT2D eigenvalue weighted by molar-refractivity contribution is -0.135. The first-order chi connectivity index (χ1) is 12.5. The second-order valence-corrected chi connectivity index (χ2v) is 6.27. The van der Waals surface area contributed by atoms with Crippen LogP contribution in [-0.2, 0) is 9.59 Å². The van der Waals surface area contributed by atoms with E-state index in [2.05, 4.69) is 5.32 Å². The van der Waals surface area contributed by atoms with E-state index >= 15 is 0 Å². The van der Waals surface area contributed by atoms with Gasteiger partial charge < -0.3 is 15.0 Å². The van der Waals surface area contributed by atoms with E-state index in [9.17, 15) is 14.0 Å². The summed E-state index contributed by atoms with van der Waals surface area (Å²) in [5.74, 6) is -1.74. The average Bonchev–Trinajstić information content (AvgIpc) is 2.93. The van der Waals surface area contributed by atoms with Crippen molar-refractivity contribution in [2.24, 2.45) is 5.92 Å². The Morgan fingerprint density at radius 2 is 1.92 bits per heavy atom. The normalized spacial score (nSPS) is 19.5. The summed E-state index contributed by atoms with van der Waals surface area (Å²) in [6.07, 6.45) is 0. The maximum atomic E-state index is 13.8. The standard InChI is InChI=1S/C20H21FN2O3/c1-3-26-14-10-8-13(9-11-14)15-12-23(2)20(25)18(15)19(24)22-17-7-5-4-6-16(17)21/h4-11,15,18H,3,12H2,1-2H3,(H,22,24)/t15-,18+/m1/s1. The van der Waals surface area contributed by atoms with E-state index < -0.39 is 17.6 Å². The van der Waals surface area contributed by atoms with E-state index in [1.807, 2.05) is 31.2 Å². The monoisotopic (exact) mass is 356 g/mol. The zero-order valence-electron chi connectivity index (χ0n) is 14.7. The summed E-state index contributed by atoms with van der Waals surface area (Å²) in [6, 6.07) is 13.3. The fraction of sp³-hybridized carbons (Fsp3) is 0.300. The Morgan fingerprint density at radius 1 is 1.23 bits per heavy atom. The van der Waals surface area contributed by atoms with Crippen molar-refractivity contribution in [1.82, 2.24) is 4.90 Å². The molecule has 0 saturated carbocycles. The number of halogens is 1. The molecule has 2 aromatic rings. The van der Waals surface area contributed by atoms with E-state index in [1.54, 1.807) is 19.2 Å². The van der Waals surface area contributed by atoms with Gasteiger partial charge in [0, 0.05) is 19.5 Å². The van der Waals surface area contributed by atoms with Gasteiger partial charge in [0.25, 0.3) is 0 Å². The van der Waals surface area contributed by atoms with Crippen LogP contribution in [0.2, 0.25) is 0 Å². The van der Waals surface area contributed by atoms with Crippen LogP contribution in [0.4, 0.5) is 10.1 Å². The molecule has 0 aliphatic carbocycles. The molecular weight excluding hydrogens is 335 g/mol. The van der Waals surface area contributed by atoms with E-state index in [-0.39, 0.29) is 17.5 Å². The van der Waals surface area contributed by atoms with Crippen molar-refractivity contribution in [2.75, 3.05) is 25.5 Å². The van der Waals surface area contributed by atoms with Crippen molar-refractivity contribution >= 4 is 17.5 Å². The van der Waals surface area contributed by atoms with Gasteiger partial charge in [0.15, 0.2) is 0 Å². The minimum Gasteiger partial charge on any atom is -0.494 e. The molecule has 0 spiro atoms. The zero-order valence-corrected chi connectivity index (χ0v) is 14.7. The van der Waals surface area contributed by atoms with Gasteiger partial charge in [-0.1, -0.05) is 24.3 Å². The fourth-order valence-electron chi connectivity index (χ4n) is 3.24. The molecule has 26 heavy (non-hydrogen) atoms. The third kappa shape index (κ3) is 3.54. The number of para-hydroxylation sites is 1. The third-order valence-corrected chi connectivity index (χ3v) is 4.55. The highest BCUT2D eigenvalue weighted by molar-refractivity contribution is 6.08. The molecule has 0 radical (unpaired) electrons. The topological polar surface area (TPSA) is 58.6 Å². The Hall–Kier alpha value is -2.89. The summed E-state index contributed by atoms with van der Waals surface area (Å²) in [6.45, 7) is 2.90. The van der Waals surface area contributed by atoms with Gasteiger partial charge in [-0.05, 0) is 36.8 Å². The van der Waals surface area contributed by atoms with Gasteiger partial charge in [-0.3, -0.25) is 9.59 Å². The highest BCUT2D eigenvalue weighted by Gasteiger charge is 2.44. The number of hydrogen-bond acceptors (Lipinski definition) is 3. The summed E-state index contributed by atoms with van der Waals surface area (Å²) in [7, 11) is 1.67. The van der Waals surface area contributed by atoms with Crippen LogP contribution in [0.1, 0.15) is 18.4 Å². The van der Waals surface area contributed by atoms with Crippen LogP contribution in [0.3, 0.4) is 0 Å². The third-order valence-electron chi connectivity index (χ3n) is 4.55. The Labute approximate surface area is 151 Å². The van der Waals surface area contributed by atoms with E-state index in [1.165, 1.54) is 17.0 Å². The van der Waals surface area contributed by atoms with Crippen LogP contribution in [0.15, 0.2) is 48.5 Å². The second-order valence-electron chi connectivity index (χ2n) is 6.27. The Morgan fingerprint density at radius 3 is 2.58 bits per heavy atom. The molecule has 0 bridgehead atoms. The molecule has 1 fully saturated rings. The lowest BCUT2D eigenvalue weighted by Crippen LogP contribution is -2.32. The van der Waals surface area contributed by atoms with Crippen molar-refractivity contribution in [3.63, 3.8) is 0 Å². The van der Waals surface area contributed by atoms with Crippen LogP contribution in [-0.4, -0.2) is 36.9 Å². The first-order valence-electron chi connectivity index (χ1n) is 8.54. The zero-order chi connectivity index (χ0) is 18.7. The summed E-state index contributed by atoms with van der Waals surface area (Å²) in [4.78, 5) is 26.8. The van der Waals surface area contributed by atoms with E-state index in [0.717, 1.165) is 11.3 Å². The molecule has 2 amide bonds. The number of benzene rings is 2. The van der Waals surface area contributed by atoms with Crippen molar-refractivity contribution < 1.29 is 18.7 Å². The molecule has 1 aliphatic rings. The average molecular weight is 356 g/mol. The minimum absolute atomic E-state index is 0.0743. The van der Waals surface area contributed by atoms with Crippen molar-refractivity contribution in [2.45, 2.75) is 12.8 Å². The predicted octanol–water partition coefficient (Wildman–Crippen LogP) is 3.03. The molecule has 2 aromatic carbocycles. The second kappa shape index (κ2) is 7.56. The lowest BCUT2D eigenvalue weighted by atomic mass is 9.88. The molecule has 1 saturated heterocycles. The predicted molar refractivity (Wildman–Crippen MR) is 96.5 cm³/mol. The van der Waals surface area contributed by atoms with Crippen molar-refractivity contribution in [3.05, 3.63) is 59.9 Å². The highest BCUT2D eigenvalue weighted by Crippen LogP contribution is 2.34. The summed E-state index contributed by atoms with van der Waals surface area (Å²) in [5.41, 5.74) is 0.949. The van der Waals surface area contributed by atoms with E-state index in [4.69, 9.17) is 4.74 Å². The number of amides is 2. The molecule has 0 unspecified atom stereocenters. The maximum Gasteiger partial charge on any atom is 0.237 e. The lowest BCUT2D eigenvalue weighted by Gasteiger charge is -2.17. The number of ether oxygens (including phenoxy) is 1. The Balaban J connectivity index is 1.84. The molecule has 0 aromatic heterocycles. The van der Waals surface area contributed by atoms with Gasteiger partial charge in [-0.15, -0.1) is 0 Å². The van der Waals surface area contributed by atoms with Crippen molar-refractivity contribution in [3.8, 4) is 5.75 Å². The SMILES string of the molecule is CCOc1ccc([C@H]2CN(C)C(=O)[C@@H]2C(=O)Nc2ccccc2F)cc1. The van der Waals surface area contributed by atoms with Crippen LogP contribution in [0.25, 0.3) is 0 Å². The highest BCUT2D eigenvalue weighted by atomic mass is 19.1. The van der Waals surface area contributed by atoms with Gasteiger partial charge in [0.1, 0.15) is 17.5 Å². The molecule has 5 nitrogen and oxygen atoms in total. The number of carbonyl (C=O) groups excluding carboxylic acids is 2. The summed E-state index contributed by atoms with van der Waals surface area (Å²) < 4.78 is 19.3. The number of rotatable bonds is 5. The molecule has 136 valence electrons. The molecular formula is C20H21FN2O3. The number of nitrogens with zero attached hydrogens (tertiary/aromatic N) is 1. The first kappa shape index (κ1) is 17.9. The number of nitrogens with one attached hydrogen (secondary N) is 1. The molecule has 1 heterocycles. The summed E-state index contributed by atoms with van der Waals surface area (Å²) >= 11 is 0. The minimum atomic E-state index is -0.891. The van der Waals surface area contributed by atoms with Gasteiger partial charge >= 0.3 is 0 Å². The quantitative estimate of drug-likeness (QED) is 0.838. The van der Waals surface area contributed by atoms with Crippen LogP contribution < -0.4 is 10.1 Å². The van der Waals surface area contributed by atoms with Gasteiger partial charge in [0.05, 0.1) is 12.3 Å².